The largest absolute Gasteiger partial charge is 0.392 e. The average molecular weight is 291 g/mol. The number of amides is 1. The minimum absolute atomic E-state index is 0.0263. The first kappa shape index (κ1) is 17.4. The lowest BCUT2D eigenvalue weighted by Crippen LogP contribution is -2.35. The van der Waals surface area contributed by atoms with Gasteiger partial charge in [0, 0.05) is 18.9 Å². The summed E-state index contributed by atoms with van der Waals surface area (Å²) in [5, 5.41) is 13.0. The molecule has 4 nitrogen and oxygen atoms in total. The monoisotopic (exact) mass is 291 g/mol. The first-order chi connectivity index (χ1) is 9.95. The summed E-state index contributed by atoms with van der Waals surface area (Å²) in [7, 11) is 0. The molecule has 2 N–H and O–H groups in total. The van der Waals surface area contributed by atoms with Crippen LogP contribution in [0.1, 0.15) is 39.2 Å². The Morgan fingerprint density at radius 3 is 2.38 bits per heavy atom. The molecule has 1 unspecified atom stereocenters. The molecule has 0 bridgehead atoms. The van der Waals surface area contributed by atoms with Crippen molar-refractivity contribution in [2.75, 3.05) is 0 Å². The lowest BCUT2D eigenvalue weighted by Gasteiger charge is -2.24. The van der Waals surface area contributed by atoms with E-state index in [0.717, 1.165) is 5.56 Å². The maximum Gasteiger partial charge on any atom is 0.220 e. The molecule has 21 heavy (non-hydrogen) atoms. The van der Waals surface area contributed by atoms with Crippen LogP contribution in [0.25, 0.3) is 0 Å². The van der Waals surface area contributed by atoms with E-state index in [0.29, 0.717) is 13.0 Å². The van der Waals surface area contributed by atoms with Crippen LogP contribution in [0, 0.1) is 11.8 Å². The van der Waals surface area contributed by atoms with Gasteiger partial charge in [-0.1, -0.05) is 44.2 Å². The van der Waals surface area contributed by atoms with Crippen LogP contribution in [0.15, 0.2) is 30.3 Å². The van der Waals surface area contributed by atoms with Gasteiger partial charge < -0.3 is 10.4 Å². The molecule has 0 aromatic heterocycles. The smallest absolute Gasteiger partial charge is 0.220 e. The standard InChI is InChI=1S/C17H25NO3/c1-4-15(13(3)19)17(21)12(2)10-16(20)18-11-14-8-6-5-7-9-14/h5-9,12,15,17,21H,4,10-11H2,1-3H3,(H,18,20)/t12-,15-,17?/m1/s1. The number of carbonyl (C=O) groups excluding carboxylic acids is 2. The molecule has 0 aliphatic carbocycles. The Morgan fingerprint density at radius 2 is 1.86 bits per heavy atom. The number of hydrogen-bond donors (Lipinski definition) is 2. The van der Waals surface area contributed by atoms with Gasteiger partial charge in [0.05, 0.1) is 6.10 Å². The molecule has 0 spiro atoms. The summed E-state index contributed by atoms with van der Waals surface area (Å²) in [6.07, 6.45) is 0.0412. The van der Waals surface area contributed by atoms with Crippen molar-refractivity contribution in [1.29, 1.82) is 0 Å². The number of carbonyl (C=O) groups is 2. The zero-order valence-electron chi connectivity index (χ0n) is 13.0. The second-order valence-electron chi connectivity index (χ2n) is 5.56. The van der Waals surface area contributed by atoms with E-state index in [1.807, 2.05) is 37.3 Å². The predicted molar refractivity (Wildman–Crippen MR) is 82.5 cm³/mol. The minimum Gasteiger partial charge on any atom is -0.392 e. The maximum atomic E-state index is 11.9. The minimum atomic E-state index is -0.769. The van der Waals surface area contributed by atoms with E-state index in [1.165, 1.54) is 6.92 Å². The Bertz CT molecular complexity index is 458. The normalized spacial score (nSPS) is 15.0. The van der Waals surface area contributed by atoms with Gasteiger partial charge >= 0.3 is 0 Å². The van der Waals surface area contributed by atoms with Crippen molar-refractivity contribution in [1.82, 2.24) is 5.32 Å². The first-order valence-corrected chi connectivity index (χ1v) is 7.44. The molecule has 0 saturated heterocycles. The zero-order chi connectivity index (χ0) is 15.8. The molecule has 1 rings (SSSR count). The van der Waals surface area contributed by atoms with Crippen molar-refractivity contribution in [2.45, 2.75) is 46.3 Å². The van der Waals surface area contributed by atoms with E-state index < -0.39 is 6.10 Å². The van der Waals surface area contributed by atoms with E-state index in [4.69, 9.17) is 0 Å². The summed E-state index contributed by atoms with van der Waals surface area (Å²) in [6, 6.07) is 9.67. The predicted octanol–water partition coefficient (Wildman–Crippen LogP) is 2.31. The molecule has 1 aromatic carbocycles. The molecule has 3 atom stereocenters. The summed E-state index contributed by atoms with van der Waals surface area (Å²) in [4.78, 5) is 23.4. The molecule has 0 saturated carbocycles. The van der Waals surface area contributed by atoms with Gasteiger partial charge in [-0.25, -0.2) is 0 Å². The fourth-order valence-electron chi connectivity index (χ4n) is 2.45. The highest BCUT2D eigenvalue weighted by Gasteiger charge is 2.28. The third-order valence-corrected chi connectivity index (χ3v) is 3.80. The molecule has 0 aliphatic rings. The fourth-order valence-corrected chi connectivity index (χ4v) is 2.45. The molecule has 0 fully saturated rings. The van der Waals surface area contributed by atoms with E-state index in [-0.39, 0.29) is 29.9 Å². The van der Waals surface area contributed by atoms with Crippen molar-refractivity contribution in [3.05, 3.63) is 35.9 Å². The number of ketones is 1. The van der Waals surface area contributed by atoms with Crippen LogP contribution in [0.4, 0.5) is 0 Å². The van der Waals surface area contributed by atoms with Crippen molar-refractivity contribution in [3.63, 3.8) is 0 Å². The van der Waals surface area contributed by atoms with E-state index in [1.54, 1.807) is 6.92 Å². The van der Waals surface area contributed by atoms with Crippen molar-refractivity contribution < 1.29 is 14.7 Å². The Balaban J connectivity index is 2.44. The highest BCUT2D eigenvalue weighted by atomic mass is 16.3. The molecule has 1 aromatic rings. The quantitative estimate of drug-likeness (QED) is 0.772. The van der Waals surface area contributed by atoms with Gasteiger partial charge in [0.2, 0.25) is 5.91 Å². The number of aliphatic hydroxyl groups is 1. The number of aliphatic hydroxyl groups excluding tert-OH is 1. The summed E-state index contributed by atoms with van der Waals surface area (Å²) >= 11 is 0. The third kappa shape index (κ3) is 5.68. The Kier molecular flexibility index (Phi) is 7.09. The second kappa shape index (κ2) is 8.57. The van der Waals surface area contributed by atoms with Gasteiger partial charge in [-0.2, -0.15) is 0 Å². The van der Waals surface area contributed by atoms with Crippen LogP contribution in [0.5, 0.6) is 0 Å². The average Bonchev–Trinajstić information content (AvgIpc) is 2.46. The number of nitrogens with one attached hydrogen (secondary N) is 1. The Hall–Kier alpha value is -1.68. The van der Waals surface area contributed by atoms with Crippen molar-refractivity contribution in [2.24, 2.45) is 11.8 Å². The topological polar surface area (TPSA) is 66.4 Å². The number of benzene rings is 1. The number of hydrogen-bond acceptors (Lipinski definition) is 3. The lowest BCUT2D eigenvalue weighted by atomic mass is 9.86. The first-order valence-electron chi connectivity index (χ1n) is 7.44. The van der Waals surface area contributed by atoms with E-state index in [2.05, 4.69) is 5.32 Å². The van der Waals surface area contributed by atoms with E-state index in [9.17, 15) is 14.7 Å². The maximum absolute atomic E-state index is 11.9. The van der Waals surface area contributed by atoms with Crippen LogP contribution in [-0.2, 0) is 16.1 Å². The Labute approximate surface area is 126 Å². The second-order valence-corrected chi connectivity index (χ2v) is 5.56. The molecule has 4 heteroatoms. The van der Waals surface area contributed by atoms with Gasteiger partial charge in [0.1, 0.15) is 5.78 Å². The van der Waals surface area contributed by atoms with Gasteiger partial charge in [-0.15, -0.1) is 0 Å². The molecule has 1 amide bonds. The summed E-state index contributed by atoms with van der Waals surface area (Å²) in [5.74, 6) is -0.762. The van der Waals surface area contributed by atoms with Gasteiger partial charge in [-0.05, 0) is 24.8 Å². The van der Waals surface area contributed by atoms with Gasteiger partial charge in [-0.3, -0.25) is 9.59 Å². The van der Waals surface area contributed by atoms with Gasteiger partial charge in [0.25, 0.3) is 0 Å². The highest BCUT2D eigenvalue weighted by molar-refractivity contribution is 5.79. The summed E-state index contributed by atoms with van der Waals surface area (Å²) in [6.45, 7) is 5.64. The third-order valence-electron chi connectivity index (χ3n) is 3.80. The molecular weight excluding hydrogens is 266 g/mol. The van der Waals surface area contributed by atoms with E-state index >= 15 is 0 Å². The molecule has 0 aliphatic heterocycles. The van der Waals surface area contributed by atoms with Crippen LogP contribution < -0.4 is 5.32 Å². The fraction of sp³-hybridized carbons (Fsp3) is 0.529. The summed E-state index contributed by atoms with van der Waals surface area (Å²) in [5.41, 5.74) is 1.04. The lowest BCUT2D eigenvalue weighted by molar-refractivity contribution is -0.128. The number of Topliss-reactive ketones (excluding diaryl/α,β-unsaturated/α-hetero) is 1. The van der Waals surface area contributed by atoms with Crippen LogP contribution in [0.2, 0.25) is 0 Å². The zero-order valence-corrected chi connectivity index (χ0v) is 13.0. The SMILES string of the molecule is CC[C@H](C(C)=O)C(O)[C@H](C)CC(=O)NCc1ccccc1. The van der Waals surface area contributed by atoms with Crippen LogP contribution in [-0.4, -0.2) is 22.9 Å². The Morgan fingerprint density at radius 1 is 1.24 bits per heavy atom. The van der Waals surface area contributed by atoms with Gasteiger partial charge in [0.15, 0.2) is 0 Å². The van der Waals surface area contributed by atoms with Crippen molar-refractivity contribution >= 4 is 11.7 Å². The van der Waals surface area contributed by atoms with Crippen LogP contribution >= 0.6 is 0 Å². The van der Waals surface area contributed by atoms with Crippen molar-refractivity contribution in [3.8, 4) is 0 Å². The number of rotatable bonds is 8. The molecule has 0 heterocycles. The highest BCUT2D eigenvalue weighted by Crippen LogP contribution is 2.20. The molecule has 0 radical (unpaired) electrons. The summed E-state index contributed by atoms with van der Waals surface area (Å²) < 4.78 is 0. The molecular formula is C17H25NO3. The van der Waals surface area contributed by atoms with Crippen LogP contribution in [0.3, 0.4) is 0 Å². The molecule has 116 valence electrons.